The molecule has 0 atom stereocenters. The van der Waals surface area contributed by atoms with Crippen LogP contribution in [0.2, 0.25) is 0 Å². The number of anilines is 1. The van der Waals surface area contributed by atoms with Crippen LogP contribution >= 0.6 is 0 Å². The number of hydrogen-bond acceptors (Lipinski definition) is 4. The topological polar surface area (TPSA) is 56.3 Å². The molecular weight excluding hydrogens is 180 g/mol. The lowest BCUT2D eigenvalue weighted by molar-refractivity contribution is -0.303. The number of hydrogen-bond donors (Lipinski definition) is 0. The number of carboxylic acids is 1. The number of aryl methyl sites for hydroxylation is 1. The third-order valence-corrected chi connectivity index (χ3v) is 1.98. The molecule has 0 saturated carbocycles. The molecule has 0 fully saturated rings. The van der Waals surface area contributed by atoms with Crippen LogP contribution in [0.15, 0.2) is 18.3 Å². The largest absolute Gasteiger partial charge is 0.548 e. The number of carbonyl (C=O) groups excluding carboxylic acids is 1. The smallest absolute Gasteiger partial charge is 0.131 e. The van der Waals surface area contributed by atoms with Crippen molar-refractivity contribution in [3.63, 3.8) is 0 Å². The maximum atomic E-state index is 10.5. The van der Waals surface area contributed by atoms with Gasteiger partial charge in [0.2, 0.25) is 0 Å². The minimum atomic E-state index is -1.09. The third-order valence-electron chi connectivity index (χ3n) is 1.98. The quantitative estimate of drug-likeness (QED) is 0.673. The van der Waals surface area contributed by atoms with Gasteiger partial charge in [-0.1, -0.05) is 6.07 Å². The van der Waals surface area contributed by atoms with E-state index in [0.717, 1.165) is 5.56 Å². The summed E-state index contributed by atoms with van der Waals surface area (Å²) in [5.41, 5.74) is 0.968. The second-order valence-electron chi connectivity index (χ2n) is 3.03. The molecule has 1 rings (SSSR count). The monoisotopic (exact) mass is 193 g/mol. The molecule has 1 aromatic heterocycles. The number of carboxylic acid groups (broad SMARTS) is 1. The molecule has 0 spiro atoms. The lowest BCUT2D eigenvalue weighted by Gasteiger charge is -2.23. The predicted octanol–water partition coefficient (Wildman–Crippen LogP) is -0.0338. The molecule has 0 aliphatic heterocycles. The molecular formula is C10H13N2O2-. The van der Waals surface area contributed by atoms with Crippen LogP contribution in [0.5, 0.6) is 0 Å². The van der Waals surface area contributed by atoms with Gasteiger partial charge in [-0.15, -0.1) is 0 Å². The normalized spacial score (nSPS) is 9.86. The Labute approximate surface area is 83.2 Å². The van der Waals surface area contributed by atoms with Gasteiger partial charge in [0.05, 0.1) is 12.5 Å². The highest BCUT2D eigenvalue weighted by molar-refractivity contribution is 5.71. The van der Waals surface area contributed by atoms with E-state index in [-0.39, 0.29) is 6.54 Å². The van der Waals surface area contributed by atoms with Crippen molar-refractivity contribution in [1.29, 1.82) is 0 Å². The van der Waals surface area contributed by atoms with Crippen LogP contribution < -0.4 is 10.0 Å². The molecule has 1 aromatic rings. The first-order chi connectivity index (χ1) is 6.65. The van der Waals surface area contributed by atoms with E-state index in [1.807, 2.05) is 26.0 Å². The van der Waals surface area contributed by atoms with Crippen LogP contribution in [-0.2, 0) is 4.79 Å². The van der Waals surface area contributed by atoms with Crippen molar-refractivity contribution in [3.05, 3.63) is 23.9 Å². The summed E-state index contributed by atoms with van der Waals surface area (Å²) in [7, 11) is 0. The number of pyridine rings is 1. The van der Waals surface area contributed by atoms with Gasteiger partial charge in [0.25, 0.3) is 0 Å². The van der Waals surface area contributed by atoms with Gasteiger partial charge >= 0.3 is 0 Å². The Hall–Kier alpha value is -1.58. The maximum absolute atomic E-state index is 10.5. The molecule has 0 saturated heterocycles. The summed E-state index contributed by atoms with van der Waals surface area (Å²) in [6.45, 7) is 4.28. The van der Waals surface area contributed by atoms with Gasteiger partial charge in [-0.25, -0.2) is 4.98 Å². The molecule has 76 valence electrons. The first kappa shape index (κ1) is 10.5. The van der Waals surface area contributed by atoms with Gasteiger partial charge in [-0.3, -0.25) is 0 Å². The van der Waals surface area contributed by atoms with E-state index in [4.69, 9.17) is 0 Å². The standard InChI is InChI=1S/C10H14N2O2/c1-3-12(7-9(13)14)10-8(2)5-4-6-11-10/h4-6H,3,7H2,1-2H3,(H,13,14)/p-1. The van der Waals surface area contributed by atoms with Crippen LogP contribution in [0, 0.1) is 6.92 Å². The summed E-state index contributed by atoms with van der Waals surface area (Å²) in [5, 5.41) is 10.5. The van der Waals surface area contributed by atoms with E-state index in [1.54, 1.807) is 11.1 Å². The van der Waals surface area contributed by atoms with Gasteiger partial charge in [0.15, 0.2) is 0 Å². The highest BCUT2D eigenvalue weighted by Gasteiger charge is 2.07. The predicted molar refractivity (Wildman–Crippen MR) is 51.9 cm³/mol. The van der Waals surface area contributed by atoms with Crippen molar-refractivity contribution in [2.75, 3.05) is 18.0 Å². The summed E-state index contributed by atoms with van der Waals surface area (Å²) in [4.78, 5) is 16.3. The molecule has 4 nitrogen and oxygen atoms in total. The Bertz CT molecular complexity index is 326. The van der Waals surface area contributed by atoms with E-state index in [1.165, 1.54) is 0 Å². The fourth-order valence-electron chi connectivity index (χ4n) is 1.30. The Morgan fingerprint density at radius 2 is 2.36 bits per heavy atom. The van der Waals surface area contributed by atoms with Crippen molar-refractivity contribution in [2.24, 2.45) is 0 Å². The van der Waals surface area contributed by atoms with Gasteiger partial charge in [0.1, 0.15) is 5.82 Å². The summed E-state index contributed by atoms with van der Waals surface area (Å²) in [6.07, 6.45) is 1.65. The number of nitrogens with zero attached hydrogens (tertiary/aromatic N) is 2. The van der Waals surface area contributed by atoms with Crippen molar-refractivity contribution in [2.45, 2.75) is 13.8 Å². The molecule has 1 heterocycles. The number of carbonyl (C=O) groups is 1. The zero-order chi connectivity index (χ0) is 10.6. The minimum Gasteiger partial charge on any atom is -0.548 e. The summed E-state index contributed by atoms with van der Waals surface area (Å²) < 4.78 is 0. The van der Waals surface area contributed by atoms with Crippen LogP contribution in [-0.4, -0.2) is 24.0 Å². The second-order valence-corrected chi connectivity index (χ2v) is 3.03. The van der Waals surface area contributed by atoms with Crippen molar-refractivity contribution < 1.29 is 9.90 Å². The highest BCUT2D eigenvalue weighted by Crippen LogP contribution is 2.14. The van der Waals surface area contributed by atoms with Gasteiger partial charge < -0.3 is 14.8 Å². The molecule has 0 bridgehead atoms. The lowest BCUT2D eigenvalue weighted by atomic mass is 10.2. The van der Waals surface area contributed by atoms with E-state index < -0.39 is 5.97 Å². The van der Waals surface area contributed by atoms with E-state index in [0.29, 0.717) is 12.4 Å². The van der Waals surface area contributed by atoms with Gasteiger partial charge in [0, 0.05) is 12.7 Å². The Morgan fingerprint density at radius 3 is 2.86 bits per heavy atom. The molecule has 0 radical (unpaired) electrons. The Morgan fingerprint density at radius 1 is 1.64 bits per heavy atom. The molecule has 0 aliphatic carbocycles. The number of rotatable bonds is 4. The highest BCUT2D eigenvalue weighted by atomic mass is 16.4. The fraction of sp³-hybridized carbons (Fsp3) is 0.400. The van der Waals surface area contributed by atoms with Gasteiger partial charge in [-0.05, 0) is 25.5 Å². The first-order valence-corrected chi connectivity index (χ1v) is 4.51. The number of likely N-dealkylation sites (N-methyl/N-ethyl adjacent to an activating group) is 1. The number of aromatic nitrogens is 1. The van der Waals surface area contributed by atoms with Crippen LogP contribution in [0.1, 0.15) is 12.5 Å². The van der Waals surface area contributed by atoms with E-state index in [9.17, 15) is 9.90 Å². The fourth-order valence-corrected chi connectivity index (χ4v) is 1.30. The van der Waals surface area contributed by atoms with E-state index in [2.05, 4.69) is 4.98 Å². The Balaban J connectivity index is 2.89. The molecule has 0 amide bonds. The minimum absolute atomic E-state index is 0.117. The summed E-state index contributed by atoms with van der Waals surface area (Å²) in [6, 6.07) is 3.73. The van der Waals surface area contributed by atoms with E-state index >= 15 is 0 Å². The van der Waals surface area contributed by atoms with Crippen LogP contribution in [0.4, 0.5) is 5.82 Å². The molecule has 0 unspecified atom stereocenters. The lowest BCUT2D eigenvalue weighted by Crippen LogP contribution is -2.38. The third kappa shape index (κ3) is 2.45. The van der Waals surface area contributed by atoms with Crippen molar-refractivity contribution >= 4 is 11.8 Å². The molecule has 0 N–H and O–H groups in total. The SMILES string of the molecule is CCN(CC(=O)[O-])c1ncccc1C. The molecule has 0 aliphatic rings. The zero-order valence-electron chi connectivity index (χ0n) is 8.36. The van der Waals surface area contributed by atoms with Crippen LogP contribution in [0.25, 0.3) is 0 Å². The van der Waals surface area contributed by atoms with Crippen LogP contribution in [0.3, 0.4) is 0 Å². The van der Waals surface area contributed by atoms with Crippen molar-refractivity contribution in [1.82, 2.24) is 4.98 Å². The summed E-state index contributed by atoms with van der Waals surface area (Å²) in [5.74, 6) is -0.379. The average Bonchev–Trinajstić information content (AvgIpc) is 2.15. The zero-order valence-corrected chi connectivity index (χ0v) is 8.36. The second kappa shape index (κ2) is 4.60. The summed E-state index contributed by atoms with van der Waals surface area (Å²) >= 11 is 0. The number of aliphatic carboxylic acids is 1. The Kier molecular flexibility index (Phi) is 3.45. The molecule has 4 heteroatoms. The first-order valence-electron chi connectivity index (χ1n) is 4.51. The molecule has 0 aromatic carbocycles. The van der Waals surface area contributed by atoms with Crippen molar-refractivity contribution in [3.8, 4) is 0 Å². The average molecular weight is 193 g/mol. The molecule has 14 heavy (non-hydrogen) atoms. The van der Waals surface area contributed by atoms with Gasteiger partial charge in [-0.2, -0.15) is 0 Å². The maximum Gasteiger partial charge on any atom is 0.131 e.